The molecule has 2 rings (SSSR count). The third kappa shape index (κ3) is 2.47. The number of rotatable bonds is 3. The van der Waals surface area contributed by atoms with E-state index in [2.05, 4.69) is 5.10 Å². The maximum Gasteiger partial charge on any atom is 0.146 e. The van der Waals surface area contributed by atoms with Gasteiger partial charge in [-0.25, -0.2) is 0 Å². The number of benzene rings is 1. The highest BCUT2D eigenvalue weighted by Crippen LogP contribution is 2.10. The predicted octanol–water partition coefficient (Wildman–Crippen LogP) is 2.75. The van der Waals surface area contributed by atoms with Crippen LogP contribution in [-0.4, -0.2) is 13.3 Å². The molecule has 0 aliphatic heterocycles. The Kier molecular flexibility index (Phi) is 2.83. The number of furan rings is 1. The molecule has 0 aliphatic carbocycles. The van der Waals surface area contributed by atoms with Crippen LogP contribution in [0.2, 0.25) is 0 Å². The smallest absolute Gasteiger partial charge is 0.146 e. The molecule has 0 atom stereocenters. The normalized spacial score (nSPS) is 10.7. The number of nitrogens with zero attached hydrogens (tertiary/aromatic N) is 2. The summed E-state index contributed by atoms with van der Waals surface area (Å²) >= 11 is 0. The van der Waals surface area contributed by atoms with Gasteiger partial charge in [0, 0.05) is 7.05 Å². The number of para-hydroxylation sites is 1. The fraction of sp³-hybridized carbons (Fsp3) is 0.0833. The Morgan fingerprint density at radius 1 is 1.13 bits per heavy atom. The number of hydrogen-bond donors (Lipinski definition) is 0. The molecule has 0 bridgehead atoms. The lowest BCUT2D eigenvalue weighted by molar-refractivity contribution is 0.560. The van der Waals surface area contributed by atoms with E-state index in [1.165, 1.54) is 0 Å². The summed E-state index contributed by atoms with van der Waals surface area (Å²) in [6.45, 7) is 0. The molecular weight excluding hydrogens is 188 g/mol. The zero-order valence-electron chi connectivity index (χ0n) is 8.50. The van der Waals surface area contributed by atoms with E-state index in [9.17, 15) is 0 Å². The van der Waals surface area contributed by atoms with Crippen LogP contribution in [0.5, 0.6) is 0 Å². The van der Waals surface area contributed by atoms with Gasteiger partial charge in [0.2, 0.25) is 0 Å². The lowest BCUT2D eigenvalue weighted by Gasteiger charge is -2.11. The summed E-state index contributed by atoms with van der Waals surface area (Å²) in [5, 5.41) is 6.05. The van der Waals surface area contributed by atoms with Crippen LogP contribution in [0.15, 0.2) is 58.2 Å². The maximum absolute atomic E-state index is 5.14. The summed E-state index contributed by atoms with van der Waals surface area (Å²) in [5.41, 5.74) is 1.04. The van der Waals surface area contributed by atoms with Crippen molar-refractivity contribution < 1.29 is 4.42 Å². The molecule has 15 heavy (non-hydrogen) atoms. The molecule has 1 aromatic carbocycles. The van der Waals surface area contributed by atoms with Gasteiger partial charge in [-0.15, -0.1) is 0 Å². The minimum atomic E-state index is 0.748. The Bertz CT molecular complexity index is 420. The molecule has 3 nitrogen and oxygen atoms in total. The SMILES string of the molecule is CN(/N=C/c1ccco1)c1ccccc1. The van der Waals surface area contributed by atoms with Crippen molar-refractivity contribution in [1.29, 1.82) is 0 Å². The third-order valence-corrected chi connectivity index (χ3v) is 2.03. The molecule has 0 unspecified atom stereocenters. The fourth-order valence-electron chi connectivity index (χ4n) is 1.22. The van der Waals surface area contributed by atoms with Crippen LogP contribution in [0.25, 0.3) is 0 Å². The Hall–Kier alpha value is -2.03. The minimum Gasteiger partial charge on any atom is -0.463 e. The largest absolute Gasteiger partial charge is 0.463 e. The summed E-state index contributed by atoms with van der Waals surface area (Å²) in [6, 6.07) is 13.6. The Balaban J connectivity index is 2.07. The fourth-order valence-corrected chi connectivity index (χ4v) is 1.22. The van der Waals surface area contributed by atoms with Crippen LogP contribution in [0.3, 0.4) is 0 Å². The molecule has 0 amide bonds. The van der Waals surface area contributed by atoms with Crippen LogP contribution in [0.1, 0.15) is 5.76 Å². The Morgan fingerprint density at radius 3 is 2.60 bits per heavy atom. The van der Waals surface area contributed by atoms with Gasteiger partial charge in [-0.1, -0.05) is 18.2 Å². The highest BCUT2D eigenvalue weighted by atomic mass is 16.3. The minimum absolute atomic E-state index is 0.748. The lowest BCUT2D eigenvalue weighted by atomic mass is 10.3. The summed E-state index contributed by atoms with van der Waals surface area (Å²) in [7, 11) is 1.90. The van der Waals surface area contributed by atoms with Gasteiger partial charge in [-0.05, 0) is 24.3 Å². The van der Waals surface area contributed by atoms with Crippen molar-refractivity contribution in [3.63, 3.8) is 0 Å². The van der Waals surface area contributed by atoms with E-state index in [0.29, 0.717) is 0 Å². The van der Waals surface area contributed by atoms with Crippen LogP contribution in [-0.2, 0) is 0 Å². The summed E-state index contributed by atoms with van der Waals surface area (Å²) in [6.07, 6.45) is 3.32. The topological polar surface area (TPSA) is 28.7 Å². The molecule has 0 saturated carbocycles. The van der Waals surface area contributed by atoms with Crippen molar-refractivity contribution in [1.82, 2.24) is 0 Å². The Labute approximate surface area is 88.6 Å². The van der Waals surface area contributed by atoms with E-state index >= 15 is 0 Å². The third-order valence-electron chi connectivity index (χ3n) is 2.03. The average Bonchev–Trinajstić information content (AvgIpc) is 2.80. The van der Waals surface area contributed by atoms with Gasteiger partial charge in [-0.3, -0.25) is 5.01 Å². The van der Waals surface area contributed by atoms with E-state index in [0.717, 1.165) is 11.4 Å². The second kappa shape index (κ2) is 4.46. The standard InChI is InChI=1S/C12H12N2O/c1-14(11-6-3-2-4-7-11)13-10-12-8-5-9-15-12/h2-10H,1H3/b13-10+. The molecule has 0 radical (unpaired) electrons. The van der Waals surface area contributed by atoms with Crippen LogP contribution >= 0.6 is 0 Å². The predicted molar refractivity (Wildman–Crippen MR) is 61.1 cm³/mol. The molecule has 0 aliphatic rings. The van der Waals surface area contributed by atoms with Gasteiger partial charge >= 0.3 is 0 Å². The first kappa shape index (κ1) is 9.52. The van der Waals surface area contributed by atoms with Crippen LogP contribution < -0.4 is 5.01 Å². The average molecular weight is 200 g/mol. The molecule has 1 heterocycles. The van der Waals surface area contributed by atoms with E-state index in [1.807, 2.05) is 49.5 Å². The van der Waals surface area contributed by atoms with E-state index in [-0.39, 0.29) is 0 Å². The van der Waals surface area contributed by atoms with Gasteiger partial charge in [0.15, 0.2) is 0 Å². The van der Waals surface area contributed by atoms with Crippen molar-refractivity contribution in [3.05, 3.63) is 54.5 Å². The van der Waals surface area contributed by atoms with Crippen LogP contribution in [0.4, 0.5) is 5.69 Å². The van der Waals surface area contributed by atoms with Gasteiger partial charge in [0.05, 0.1) is 18.2 Å². The quantitative estimate of drug-likeness (QED) is 0.563. The van der Waals surface area contributed by atoms with Crippen molar-refractivity contribution in [2.75, 3.05) is 12.1 Å². The van der Waals surface area contributed by atoms with E-state index < -0.39 is 0 Å². The van der Waals surface area contributed by atoms with E-state index in [1.54, 1.807) is 17.5 Å². The summed E-state index contributed by atoms with van der Waals surface area (Å²) < 4.78 is 5.14. The molecule has 3 heteroatoms. The Morgan fingerprint density at radius 2 is 1.93 bits per heavy atom. The molecule has 1 aromatic heterocycles. The zero-order chi connectivity index (χ0) is 10.5. The molecule has 2 aromatic rings. The van der Waals surface area contributed by atoms with Gasteiger partial charge in [0.25, 0.3) is 0 Å². The highest BCUT2D eigenvalue weighted by Gasteiger charge is 1.95. The molecular formula is C12H12N2O. The van der Waals surface area contributed by atoms with Gasteiger partial charge < -0.3 is 4.42 Å². The zero-order valence-corrected chi connectivity index (χ0v) is 8.50. The highest BCUT2D eigenvalue weighted by molar-refractivity contribution is 5.76. The first-order valence-corrected chi connectivity index (χ1v) is 4.72. The van der Waals surface area contributed by atoms with Crippen molar-refractivity contribution >= 4 is 11.9 Å². The van der Waals surface area contributed by atoms with E-state index in [4.69, 9.17) is 4.42 Å². The second-order valence-corrected chi connectivity index (χ2v) is 3.12. The number of anilines is 1. The van der Waals surface area contributed by atoms with Crippen molar-refractivity contribution in [3.8, 4) is 0 Å². The molecule has 0 fully saturated rings. The van der Waals surface area contributed by atoms with Crippen molar-refractivity contribution in [2.24, 2.45) is 5.10 Å². The van der Waals surface area contributed by atoms with Crippen LogP contribution in [0, 0.1) is 0 Å². The summed E-state index contributed by atoms with van der Waals surface area (Å²) in [5.74, 6) is 0.748. The van der Waals surface area contributed by atoms with Gasteiger partial charge in [0.1, 0.15) is 5.76 Å². The molecule has 0 spiro atoms. The molecule has 0 saturated heterocycles. The lowest BCUT2D eigenvalue weighted by Crippen LogP contribution is -2.08. The first-order chi connectivity index (χ1) is 7.36. The monoisotopic (exact) mass is 200 g/mol. The molecule has 76 valence electrons. The second-order valence-electron chi connectivity index (χ2n) is 3.12. The molecule has 0 N–H and O–H groups in total. The maximum atomic E-state index is 5.14. The van der Waals surface area contributed by atoms with Crippen molar-refractivity contribution in [2.45, 2.75) is 0 Å². The van der Waals surface area contributed by atoms with Gasteiger partial charge in [-0.2, -0.15) is 5.10 Å². The first-order valence-electron chi connectivity index (χ1n) is 4.72. The summed E-state index contributed by atoms with van der Waals surface area (Å²) in [4.78, 5) is 0. The number of hydrazone groups is 1. The number of hydrogen-bond acceptors (Lipinski definition) is 3.